The number of nitrogens with one attached hydrogen (secondary N) is 1. The second-order valence-electron chi connectivity index (χ2n) is 4.47. The Morgan fingerprint density at radius 2 is 2.00 bits per heavy atom. The van der Waals surface area contributed by atoms with Gasteiger partial charge in [0.05, 0.1) is 33.4 Å². The van der Waals surface area contributed by atoms with Crippen LogP contribution >= 0.6 is 0 Å². The van der Waals surface area contributed by atoms with Crippen LogP contribution in [0.3, 0.4) is 0 Å². The minimum absolute atomic E-state index is 0.0674. The Morgan fingerprint density at radius 3 is 2.63 bits per heavy atom. The second kappa shape index (κ2) is 6.04. The Balaban J connectivity index is 2.24. The molecule has 1 aromatic rings. The van der Waals surface area contributed by atoms with E-state index in [0.717, 1.165) is 0 Å². The average Bonchev–Trinajstić information content (AvgIpc) is 2.94. The van der Waals surface area contributed by atoms with Gasteiger partial charge in [-0.1, -0.05) is 0 Å². The molecular formula is C14H19NO4. The summed E-state index contributed by atoms with van der Waals surface area (Å²) in [6, 6.07) is 5.29. The summed E-state index contributed by atoms with van der Waals surface area (Å²) in [6.07, 6.45) is 0. The van der Waals surface area contributed by atoms with Crippen LogP contribution in [0.15, 0.2) is 18.2 Å². The Hall–Kier alpha value is -1.59. The molecule has 2 rings (SSSR count). The zero-order valence-electron chi connectivity index (χ0n) is 11.4. The van der Waals surface area contributed by atoms with Gasteiger partial charge >= 0.3 is 0 Å². The van der Waals surface area contributed by atoms with E-state index in [1.165, 1.54) is 0 Å². The van der Waals surface area contributed by atoms with Crippen molar-refractivity contribution in [3.63, 3.8) is 0 Å². The van der Waals surface area contributed by atoms with E-state index in [9.17, 15) is 4.79 Å². The summed E-state index contributed by atoms with van der Waals surface area (Å²) in [6.45, 7) is 1.03. The first-order chi connectivity index (χ1) is 9.21. The highest BCUT2D eigenvalue weighted by Crippen LogP contribution is 2.29. The molecule has 0 saturated carbocycles. The van der Waals surface area contributed by atoms with E-state index in [0.29, 0.717) is 30.3 Å². The number of hydrogen-bond donors (Lipinski definition) is 1. The van der Waals surface area contributed by atoms with Crippen molar-refractivity contribution >= 4 is 5.78 Å². The van der Waals surface area contributed by atoms with Crippen LogP contribution in [0.25, 0.3) is 0 Å². The number of ether oxygens (including phenoxy) is 3. The monoisotopic (exact) mass is 265 g/mol. The highest BCUT2D eigenvalue weighted by Gasteiger charge is 2.33. The molecule has 1 fully saturated rings. The SMILES string of the molecule is CNC1COCC1C(=O)c1ccc(OC)c(OC)c1. The lowest BCUT2D eigenvalue weighted by Crippen LogP contribution is -2.37. The topological polar surface area (TPSA) is 56.8 Å². The van der Waals surface area contributed by atoms with E-state index < -0.39 is 0 Å². The van der Waals surface area contributed by atoms with Crippen molar-refractivity contribution in [2.45, 2.75) is 6.04 Å². The third-order valence-corrected chi connectivity index (χ3v) is 3.46. The maximum Gasteiger partial charge on any atom is 0.170 e. The Bertz CT molecular complexity index is 461. The van der Waals surface area contributed by atoms with E-state index in [-0.39, 0.29) is 17.7 Å². The van der Waals surface area contributed by atoms with Crippen LogP contribution in [-0.4, -0.2) is 46.3 Å². The smallest absolute Gasteiger partial charge is 0.170 e. The fraction of sp³-hybridized carbons (Fsp3) is 0.500. The summed E-state index contributed by atoms with van der Waals surface area (Å²) in [4.78, 5) is 12.5. The number of ketones is 1. The van der Waals surface area contributed by atoms with Crippen molar-refractivity contribution < 1.29 is 19.0 Å². The average molecular weight is 265 g/mol. The number of carbonyl (C=O) groups is 1. The first-order valence-corrected chi connectivity index (χ1v) is 6.22. The third kappa shape index (κ3) is 2.72. The summed E-state index contributed by atoms with van der Waals surface area (Å²) >= 11 is 0. The number of Topliss-reactive ketones (excluding diaryl/α,β-unsaturated/α-hetero) is 1. The molecule has 2 atom stereocenters. The largest absolute Gasteiger partial charge is 0.493 e. The Kier molecular flexibility index (Phi) is 4.39. The summed E-state index contributed by atoms with van der Waals surface area (Å²) in [5, 5.41) is 3.11. The quantitative estimate of drug-likeness (QED) is 0.809. The molecular weight excluding hydrogens is 246 g/mol. The van der Waals surface area contributed by atoms with Gasteiger partial charge in [-0.2, -0.15) is 0 Å². The molecule has 19 heavy (non-hydrogen) atoms. The highest BCUT2D eigenvalue weighted by molar-refractivity contribution is 5.99. The number of carbonyl (C=O) groups excluding carboxylic acids is 1. The van der Waals surface area contributed by atoms with E-state index >= 15 is 0 Å². The molecule has 5 nitrogen and oxygen atoms in total. The third-order valence-electron chi connectivity index (χ3n) is 3.46. The molecule has 1 N–H and O–H groups in total. The number of likely N-dealkylation sites (N-methyl/N-ethyl adjacent to an activating group) is 1. The van der Waals surface area contributed by atoms with Gasteiger partial charge in [0.25, 0.3) is 0 Å². The lowest BCUT2D eigenvalue weighted by Gasteiger charge is -2.16. The number of rotatable bonds is 5. The molecule has 0 amide bonds. The predicted octanol–water partition coefficient (Wildman–Crippen LogP) is 1.12. The van der Waals surface area contributed by atoms with Crippen LogP contribution in [0, 0.1) is 5.92 Å². The standard InChI is InChI=1S/C14H19NO4/c1-15-11-8-19-7-10(11)14(16)9-4-5-12(17-2)13(6-9)18-3/h4-6,10-11,15H,7-8H2,1-3H3. The summed E-state index contributed by atoms with van der Waals surface area (Å²) in [5.74, 6) is 1.10. The van der Waals surface area contributed by atoms with Gasteiger partial charge in [-0.25, -0.2) is 0 Å². The van der Waals surface area contributed by atoms with Crippen molar-refractivity contribution in [3.8, 4) is 11.5 Å². The normalized spacial score (nSPS) is 22.3. The van der Waals surface area contributed by atoms with Crippen LogP contribution in [0.4, 0.5) is 0 Å². The van der Waals surface area contributed by atoms with Crippen LogP contribution < -0.4 is 14.8 Å². The molecule has 0 bridgehead atoms. The minimum atomic E-state index is -0.150. The second-order valence-corrected chi connectivity index (χ2v) is 4.47. The van der Waals surface area contributed by atoms with E-state index in [4.69, 9.17) is 14.2 Å². The van der Waals surface area contributed by atoms with E-state index in [1.54, 1.807) is 32.4 Å². The van der Waals surface area contributed by atoms with Crippen LogP contribution in [0.2, 0.25) is 0 Å². The summed E-state index contributed by atoms with van der Waals surface area (Å²) in [5.41, 5.74) is 0.619. The maximum absolute atomic E-state index is 12.5. The molecule has 1 heterocycles. The Morgan fingerprint density at radius 1 is 1.26 bits per heavy atom. The first-order valence-electron chi connectivity index (χ1n) is 6.22. The molecule has 104 valence electrons. The van der Waals surface area contributed by atoms with Gasteiger partial charge in [0.2, 0.25) is 0 Å². The molecule has 0 aliphatic carbocycles. The molecule has 1 aliphatic rings. The lowest BCUT2D eigenvalue weighted by atomic mass is 9.93. The molecule has 1 saturated heterocycles. The molecule has 1 aliphatic heterocycles. The van der Waals surface area contributed by atoms with Gasteiger partial charge in [0.1, 0.15) is 0 Å². The number of methoxy groups -OCH3 is 2. The molecule has 2 unspecified atom stereocenters. The molecule has 0 spiro atoms. The van der Waals surface area contributed by atoms with E-state index in [1.807, 2.05) is 7.05 Å². The summed E-state index contributed by atoms with van der Waals surface area (Å²) in [7, 11) is 4.97. The van der Waals surface area contributed by atoms with Crippen LogP contribution in [-0.2, 0) is 4.74 Å². The van der Waals surface area contributed by atoms with Crippen molar-refractivity contribution in [2.75, 3.05) is 34.5 Å². The van der Waals surface area contributed by atoms with Crippen molar-refractivity contribution in [3.05, 3.63) is 23.8 Å². The Labute approximate surface area is 112 Å². The van der Waals surface area contributed by atoms with Gasteiger partial charge in [-0.15, -0.1) is 0 Å². The van der Waals surface area contributed by atoms with Crippen LogP contribution in [0.5, 0.6) is 11.5 Å². The van der Waals surface area contributed by atoms with Gasteiger partial charge in [0.15, 0.2) is 17.3 Å². The molecule has 0 radical (unpaired) electrons. The lowest BCUT2D eigenvalue weighted by molar-refractivity contribution is 0.0892. The van der Waals surface area contributed by atoms with Gasteiger partial charge < -0.3 is 19.5 Å². The fourth-order valence-corrected chi connectivity index (χ4v) is 2.30. The van der Waals surface area contributed by atoms with Crippen LogP contribution in [0.1, 0.15) is 10.4 Å². The molecule has 1 aromatic carbocycles. The number of benzene rings is 1. The number of hydrogen-bond acceptors (Lipinski definition) is 5. The fourth-order valence-electron chi connectivity index (χ4n) is 2.30. The van der Waals surface area contributed by atoms with Gasteiger partial charge in [-0.05, 0) is 25.2 Å². The molecule has 0 aromatic heterocycles. The summed E-state index contributed by atoms with van der Waals surface area (Å²) < 4.78 is 15.7. The first kappa shape index (κ1) is 13.8. The van der Waals surface area contributed by atoms with Crippen molar-refractivity contribution in [1.29, 1.82) is 0 Å². The molecule has 5 heteroatoms. The van der Waals surface area contributed by atoms with Crippen molar-refractivity contribution in [2.24, 2.45) is 5.92 Å². The zero-order valence-corrected chi connectivity index (χ0v) is 11.4. The van der Waals surface area contributed by atoms with Crippen molar-refractivity contribution in [1.82, 2.24) is 5.32 Å². The zero-order chi connectivity index (χ0) is 13.8. The maximum atomic E-state index is 12.5. The van der Waals surface area contributed by atoms with Gasteiger partial charge in [-0.3, -0.25) is 4.79 Å². The van der Waals surface area contributed by atoms with Gasteiger partial charge in [0, 0.05) is 11.6 Å². The minimum Gasteiger partial charge on any atom is -0.493 e. The van der Waals surface area contributed by atoms with E-state index in [2.05, 4.69) is 5.32 Å². The highest BCUT2D eigenvalue weighted by atomic mass is 16.5. The predicted molar refractivity (Wildman–Crippen MR) is 71.0 cm³/mol.